The highest BCUT2D eigenvalue weighted by atomic mass is 16.3. The lowest BCUT2D eigenvalue weighted by Gasteiger charge is -2.56. The molecule has 3 nitrogen and oxygen atoms in total. The second-order valence-electron chi connectivity index (χ2n) is 14.4. The minimum absolute atomic E-state index is 0.0246. The molecule has 0 radical (unpaired) electrons. The average Bonchev–Trinajstić information content (AvgIpc) is 3.26. The molecule has 3 saturated carbocycles. The first-order chi connectivity index (χ1) is 19.4. The molecule has 3 fully saturated rings. The molecule has 0 aliphatic heterocycles. The number of aliphatic hydroxyl groups excluding tert-OH is 1. The SMILES string of the molecule is CCCCCCCCCCCCCCCCCCO.C[C@]12CCC(=O)C=C1CC[C@@H]1[C@@H]2CC[C@]2(C)C(=O)CC[C@@H]12. The van der Waals surface area contributed by atoms with E-state index in [0.717, 1.165) is 44.9 Å². The smallest absolute Gasteiger partial charge is 0.155 e. The van der Waals surface area contributed by atoms with E-state index in [1.807, 2.05) is 6.08 Å². The molecule has 4 aliphatic carbocycles. The predicted molar refractivity (Wildman–Crippen MR) is 168 cm³/mol. The molecule has 0 amide bonds. The molecule has 0 bridgehead atoms. The zero-order valence-electron chi connectivity index (χ0n) is 26.8. The van der Waals surface area contributed by atoms with Crippen molar-refractivity contribution in [3.05, 3.63) is 11.6 Å². The van der Waals surface area contributed by atoms with Gasteiger partial charge in [0.05, 0.1) is 0 Å². The Morgan fingerprint density at radius 1 is 0.650 bits per heavy atom. The number of aliphatic hydroxyl groups is 1. The molecule has 40 heavy (non-hydrogen) atoms. The van der Waals surface area contributed by atoms with Gasteiger partial charge >= 0.3 is 0 Å². The highest BCUT2D eigenvalue weighted by Crippen LogP contribution is 2.64. The van der Waals surface area contributed by atoms with Crippen LogP contribution in [0.2, 0.25) is 0 Å². The second-order valence-corrected chi connectivity index (χ2v) is 14.4. The zero-order valence-corrected chi connectivity index (χ0v) is 26.8. The summed E-state index contributed by atoms with van der Waals surface area (Å²) in [5, 5.41) is 8.67. The fourth-order valence-corrected chi connectivity index (χ4v) is 8.99. The number of hydrogen-bond acceptors (Lipinski definition) is 3. The third-order valence-electron chi connectivity index (χ3n) is 11.7. The number of hydrogen-bond donors (Lipinski definition) is 1. The Labute approximate surface area is 247 Å². The lowest BCUT2D eigenvalue weighted by atomic mass is 9.47. The summed E-state index contributed by atoms with van der Waals surface area (Å²) in [4.78, 5) is 24.1. The fraction of sp³-hybridized carbons (Fsp3) is 0.892. The van der Waals surface area contributed by atoms with Crippen molar-refractivity contribution in [3.8, 4) is 0 Å². The summed E-state index contributed by atoms with van der Waals surface area (Å²) in [6.07, 6.45) is 32.4. The van der Waals surface area contributed by atoms with Gasteiger partial charge in [0.25, 0.3) is 0 Å². The fourth-order valence-electron chi connectivity index (χ4n) is 8.99. The van der Waals surface area contributed by atoms with Crippen LogP contribution in [0.15, 0.2) is 11.6 Å². The summed E-state index contributed by atoms with van der Waals surface area (Å²) >= 11 is 0. The van der Waals surface area contributed by atoms with Gasteiger partial charge in [0.15, 0.2) is 5.78 Å². The summed E-state index contributed by atoms with van der Waals surface area (Å²) in [6, 6.07) is 0. The number of fused-ring (bicyclic) bond motifs is 5. The van der Waals surface area contributed by atoms with Gasteiger partial charge in [0, 0.05) is 24.9 Å². The van der Waals surface area contributed by atoms with Crippen molar-refractivity contribution < 1.29 is 14.7 Å². The third-order valence-corrected chi connectivity index (χ3v) is 11.7. The van der Waals surface area contributed by atoms with Crippen LogP contribution in [0.4, 0.5) is 0 Å². The van der Waals surface area contributed by atoms with Gasteiger partial charge in [-0.1, -0.05) is 123 Å². The lowest BCUT2D eigenvalue weighted by molar-refractivity contribution is -0.132. The maximum Gasteiger partial charge on any atom is 0.155 e. The molecular formula is C37H64O3. The second kappa shape index (κ2) is 17.2. The summed E-state index contributed by atoms with van der Waals surface area (Å²) in [6.45, 7) is 7.30. The zero-order chi connectivity index (χ0) is 28.8. The quantitative estimate of drug-likeness (QED) is 0.192. The molecule has 0 spiro atoms. The third kappa shape index (κ3) is 9.02. The maximum absolute atomic E-state index is 12.4. The van der Waals surface area contributed by atoms with Crippen molar-refractivity contribution >= 4 is 11.6 Å². The van der Waals surface area contributed by atoms with Crippen LogP contribution in [0, 0.1) is 28.6 Å². The Hall–Kier alpha value is -0.960. The Balaban J connectivity index is 0.000000223. The van der Waals surface area contributed by atoms with Crippen LogP contribution in [0.1, 0.15) is 175 Å². The van der Waals surface area contributed by atoms with Crippen molar-refractivity contribution in [2.45, 2.75) is 175 Å². The van der Waals surface area contributed by atoms with Gasteiger partial charge in [0.2, 0.25) is 0 Å². The van der Waals surface area contributed by atoms with Crippen molar-refractivity contribution in [2.75, 3.05) is 6.61 Å². The molecule has 0 saturated heterocycles. The highest BCUT2D eigenvalue weighted by Gasteiger charge is 2.58. The Morgan fingerprint density at radius 2 is 1.18 bits per heavy atom. The van der Waals surface area contributed by atoms with E-state index in [-0.39, 0.29) is 10.8 Å². The first-order valence-corrected chi connectivity index (χ1v) is 17.7. The van der Waals surface area contributed by atoms with Crippen LogP contribution in [-0.2, 0) is 9.59 Å². The van der Waals surface area contributed by atoms with Crippen molar-refractivity contribution in [1.29, 1.82) is 0 Å². The van der Waals surface area contributed by atoms with Crippen molar-refractivity contribution in [1.82, 2.24) is 0 Å². The van der Waals surface area contributed by atoms with E-state index < -0.39 is 0 Å². The van der Waals surface area contributed by atoms with Gasteiger partial charge < -0.3 is 5.11 Å². The van der Waals surface area contributed by atoms with Crippen LogP contribution in [0.3, 0.4) is 0 Å². The maximum atomic E-state index is 12.4. The van der Waals surface area contributed by atoms with Gasteiger partial charge in [0.1, 0.15) is 5.78 Å². The number of ketones is 2. The van der Waals surface area contributed by atoms with Crippen LogP contribution >= 0.6 is 0 Å². The van der Waals surface area contributed by atoms with Crippen molar-refractivity contribution in [2.24, 2.45) is 28.6 Å². The Morgan fingerprint density at radius 3 is 1.73 bits per heavy atom. The number of rotatable bonds is 16. The van der Waals surface area contributed by atoms with Gasteiger partial charge in [-0.2, -0.15) is 0 Å². The largest absolute Gasteiger partial charge is 0.396 e. The first kappa shape index (κ1) is 33.5. The molecule has 3 heteroatoms. The summed E-state index contributed by atoms with van der Waals surface area (Å²) in [5.74, 6) is 2.88. The molecule has 0 aromatic heterocycles. The topological polar surface area (TPSA) is 54.4 Å². The minimum Gasteiger partial charge on any atom is -0.396 e. The Bertz CT molecular complexity index is 783. The van der Waals surface area contributed by atoms with Crippen molar-refractivity contribution in [3.63, 3.8) is 0 Å². The molecule has 0 unspecified atom stereocenters. The van der Waals surface area contributed by atoms with Crippen LogP contribution in [0.5, 0.6) is 0 Å². The average molecular weight is 557 g/mol. The number of carbonyl (C=O) groups is 2. The molecule has 0 heterocycles. The molecular weight excluding hydrogens is 492 g/mol. The normalized spacial score (nSPS) is 31.1. The van der Waals surface area contributed by atoms with E-state index in [1.165, 1.54) is 115 Å². The van der Waals surface area contributed by atoms with Gasteiger partial charge in [-0.15, -0.1) is 0 Å². The Kier molecular flexibility index (Phi) is 14.4. The molecule has 4 aliphatic rings. The number of carbonyl (C=O) groups excluding carboxylic acids is 2. The van der Waals surface area contributed by atoms with Gasteiger partial charge in [-0.25, -0.2) is 0 Å². The lowest BCUT2D eigenvalue weighted by Crippen LogP contribution is -2.50. The van der Waals surface area contributed by atoms with E-state index in [0.29, 0.717) is 35.9 Å². The predicted octanol–water partition coefficient (Wildman–Crippen LogP) is 10.3. The summed E-state index contributed by atoms with van der Waals surface area (Å²) in [7, 11) is 0. The first-order valence-electron chi connectivity index (χ1n) is 17.7. The van der Waals surface area contributed by atoms with E-state index in [2.05, 4.69) is 20.8 Å². The van der Waals surface area contributed by atoms with E-state index in [4.69, 9.17) is 5.11 Å². The van der Waals surface area contributed by atoms with Crippen LogP contribution in [0.25, 0.3) is 0 Å². The number of unbranched alkanes of at least 4 members (excludes halogenated alkanes) is 15. The molecule has 1 N–H and O–H groups in total. The standard InChI is InChI=1S/C19H26O2.C18H38O/c1-18-9-7-13(20)11-12(18)3-4-14-15-5-6-17(21)19(15,2)10-8-16(14)18;1-2-3-4-5-6-7-8-9-10-11-12-13-14-15-16-17-18-19/h11,14-16H,3-10H2,1-2H3;19H,2-18H2,1H3/t14-,15-,16-,18-,19-;/m0./s1. The number of allylic oxidation sites excluding steroid dienone is 1. The van der Waals surface area contributed by atoms with Crippen LogP contribution in [-0.4, -0.2) is 23.3 Å². The molecule has 230 valence electrons. The molecule has 5 atom stereocenters. The van der Waals surface area contributed by atoms with E-state index >= 15 is 0 Å². The van der Waals surface area contributed by atoms with Gasteiger partial charge in [-0.05, 0) is 74.2 Å². The molecule has 0 aromatic carbocycles. The minimum atomic E-state index is -0.0246. The van der Waals surface area contributed by atoms with E-state index in [1.54, 1.807) is 0 Å². The van der Waals surface area contributed by atoms with Crippen LogP contribution < -0.4 is 0 Å². The summed E-state index contributed by atoms with van der Waals surface area (Å²) in [5.41, 5.74) is 1.64. The number of Topliss-reactive ketones (excluding diaryl/α,β-unsaturated/α-hetero) is 1. The highest BCUT2D eigenvalue weighted by molar-refractivity contribution is 5.91. The monoisotopic (exact) mass is 556 g/mol. The van der Waals surface area contributed by atoms with E-state index in [9.17, 15) is 9.59 Å². The molecule has 4 rings (SSSR count). The molecule has 0 aromatic rings. The summed E-state index contributed by atoms with van der Waals surface area (Å²) < 4.78 is 0. The van der Waals surface area contributed by atoms with Gasteiger partial charge in [-0.3, -0.25) is 9.59 Å².